The van der Waals surface area contributed by atoms with Crippen LogP contribution in [0.3, 0.4) is 0 Å². The second-order valence-corrected chi connectivity index (χ2v) is 7.02. The van der Waals surface area contributed by atoms with Crippen molar-refractivity contribution in [1.29, 1.82) is 0 Å². The summed E-state index contributed by atoms with van der Waals surface area (Å²) in [6.45, 7) is 0.361. The molecule has 0 radical (unpaired) electrons. The van der Waals surface area contributed by atoms with E-state index >= 15 is 0 Å². The van der Waals surface area contributed by atoms with Gasteiger partial charge in [0.1, 0.15) is 0 Å². The van der Waals surface area contributed by atoms with Crippen LogP contribution in [0.25, 0.3) is 0 Å². The Balaban J connectivity index is 1.51. The normalized spacial score (nSPS) is 12.9. The second kappa shape index (κ2) is 7.44. The van der Waals surface area contributed by atoms with E-state index in [1.807, 2.05) is 30.3 Å². The van der Waals surface area contributed by atoms with Crippen molar-refractivity contribution in [1.82, 2.24) is 25.0 Å². The first-order chi connectivity index (χ1) is 14.0. The van der Waals surface area contributed by atoms with Crippen LogP contribution in [-0.2, 0) is 20.1 Å². The maximum Gasteiger partial charge on any atom is 0.261 e. The molecule has 0 saturated carbocycles. The first kappa shape index (κ1) is 18.8. The van der Waals surface area contributed by atoms with Gasteiger partial charge in [-0.05, 0) is 36.0 Å². The van der Waals surface area contributed by atoms with Crippen LogP contribution in [0.1, 0.15) is 42.5 Å². The number of aromatic amines is 1. The van der Waals surface area contributed by atoms with E-state index in [0.717, 1.165) is 5.56 Å². The van der Waals surface area contributed by atoms with Gasteiger partial charge >= 0.3 is 0 Å². The van der Waals surface area contributed by atoms with Gasteiger partial charge in [0.05, 0.1) is 24.2 Å². The molecule has 3 aromatic rings. The van der Waals surface area contributed by atoms with Crippen LogP contribution in [0.5, 0.6) is 0 Å². The first-order valence-electron chi connectivity index (χ1n) is 8.88. The van der Waals surface area contributed by atoms with Gasteiger partial charge < -0.3 is 9.88 Å². The number of nitrogens with zero attached hydrogens (tertiary/aromatic N) is 3. The fraction of sp³-hybridized carbons (Fsp3) is 0.150. The highest BCUT2D eigenvalue weighted by Gasteiger charge is 2.35. The topological polar surface area (TPSA) is 100 Å². The standard InChI is InChI=1S/C20H17N5O3S/c1-24-16(22-23-20(24)29)10-21-17(26)13-7-8-14-15(9-13)19(28)25(18(14)27)11-12-5-3-2-4-6-12/h2-9H,10-11H2,1H3,(H,21,26)(H,23,29). The largest absolute Gasteiger partial charge is 0.345 e. The fourth-order valence-electron chi connectivity index (χ4n) is 3.14. The van der Waals surface area contributed by atoms with Crippen molar-refractivity contribution < 1.29 is 14.4 Å². The third-order valence-corrected chi connectivity index (χ3v) is 5.16. The summed E-state index contributed by atoms with van der Waals surface area (Å²) >= 11 is 5.04. The number of fused-ring (bicyclic) bond motifs is 1. The minimum Gasteiger partial charge on any atom is -0.345 e. The molecule has 1 aliphatic heterocycles. The SMILES string of the molecule is Cn1c(CNC(=O)c2ccc3c(c2)C(=O)N(Cc2ccccc2)C3=O)n[nH]c1=S. The molecule has 1 aromatic heterocycles. The minimum absolute atomic E-state index is 0.173. The molecule has 9 heteroatoms. The molecule has 1 aliphatic rings. The van der Waals surface area contributed by atoms with Gasteiger partial charge in [-0.1, -0.05) is 30.3 Å². The molecule has 0 saturated heterocycles. The Bertz CT molecular complexity index is 1180. The predicted octanol–water partition coefficient (Wildman–Crippen LogP) is 2.20. The van der Waals surface area contributed by atoms with Crippen molar-refractivity contribution in [3.63, 3.8) is 0 Å². The number of nitrogens with one attached hydrogen (secondary N) is 2. The molecule has 0 aliphatic carbocycles. The molecule has 8 nitrogen and oxygen atoms in total. The lowest BCUT2D eigenvalue weighted by molar-refractivity contribution is 0.0642. The van der Waals surface area contributed by atoms with Gasteiger partial charge in [-0.25, -0.2) is 0 Å². The molecule has 2 heterocycles. The number of aromatic nitrogens is 3. The van der Waals surface area contributed by atoms with Crippen LogP contribution >= 0.6 is 12.2 Å². The minimum atomic E-state index is -0.405. The van der Waals surface area contributed by atoms with E-state index in [9.17, 15) is 14.4 Å². The Morgan fingerprint density at radius 2 is 1.83 bits per heavy atom. The Kier molecular flexibility index (Phi) is 4.81. The molecule has 2 N–H and O–H groups in total. The van der Waals surface area contributed by atoms with Crippen molar-refractivity contribution in [3.05, 3.63) is 81.4 Å². The third kappa shape index (κ3) is 3.47. The van der Waals surface area contributed by atoms with Gasteiger partial charge in [0.15, 0.2) is 10.6 Å². The van der Waals surface area contributed by atoms with Gasteiger partial charge in [-0.3, -0.25) is 24.4 Å². The average molecular weight is 407 g/mol. The zero-order valence-corrected chi connectivity index (χ0v) is 16.3. The number of imide groups is 1. The molecule has 0 spiro atoms. The van der Waals surface area contributed by atoms with Gasteiger partial charge in [0.2, 0.25) is 0 Å². The average Bonchev–Trinajstić information content (AvgIpc) is 3.18. The maximum absolute atomic E-state index is 12.8. The number of amides is 3. The van der Waals surface area contributed by atoms with E-state index in [1.54, 1.807) is 11.6 Å². The summed E-state index contributed by atoms with van der Waals surface area (Å²) in [5.74, 6) is -0.562. The molecule has 29 heavy (non-hydrogen) atoms. The van der Waals surface area contributed by atoms with Crippen molar-refractivity contribution >= 4 is 29.9 Å². The lowest BCUT2D eigenvalue weighted by Gasteiger charge is -2.13. The zero-order chi connectivity index (χ0) is 20.5. The van der Waals surface area contributed by atoms with Crippen LogP contribution in [-0.4, -0.2) is 37.4 Å². The van der Waals surface area contributed by atoms with Crippen LogP contribution < -0.4 is 5.32 Å². The highest BCUT2D eigenvalue weighted by molar-refractivity contribution is 7.71. The smallest absolute Gasteiger partial charge is 0.261 e. The molecule has 146 valence electrons. The van der Waals surface area contributed by atoms with E-state index in [-0.39, 0.29) is 30.5 Å². The van der Waals surface area contributed by atoms with Crippen LogP contribution in [0.4, 0.5) is 0 Å². The van der Waals surface area contributed by atoms with E-state index in [0.29, 0.717) is 21.7 Å². The molecular formula is C20H17N5O3S. The van der Waals surface area contributed by atoms with E-state index in [4.69, 9.17) is 12.2 Å². The van der Waals surface area contributed by atoms with Crippen LogP contribution in [0, 0.1) is 4.77 Å². The number of carbonyl (C=O) groups is 3. The summed E-state index contributed by atoms with van der Waals surface area (Å²) in [5.41, 5.74) is 1.69. The molecule has 0 fully saturated rings. The number of benzene rings is 2. The van der Waals surface area contributed by atoms with Gasteiger partial charge in [0, 0.05) is 12.6 Å². The molecule has 0 atom stereocenters. The van der Waals surface area contributed by atoms with E-state index in [2.05, 4.69) is 15.5 Å². The molecule has 0 unspecified atom stereocenters. The molecule has 3 amide bonds. The lowest BCUT2D eigenvalue weighted by atomic mass is 10.1. The summed E-state index contributed by atoms with van der Waals surface area (Å²) in [7, 11) is 1.74. The molecular weight excluding hydrogens is 390 g/mol. The zero-order valence-electron chi connectivity index (χ0n) is 15.5. The molecule has 4 rings (SSSR count). The van der Waals surface area contributed by atoms with Crippen LogP contribution in [0.15, 0.2) is 48.5 Å². The van der Waals surface area contributed by atoms with E-state index < -0.39 is 5.91 Å². The quantitative estimate of drug-likeness (QED) is 0.499. The lowest BCUT2D eigenvalue weighted by Crippen LogP contribution is -2.29. The van der Waals surface area contributed by atoms with Crippen LogP contribution in [0.2, 0.25) is 0 Å². The number of hydrogen-bond acceptors (Lipinski definition) is 5. The molecule has 0 bridgehead atoms. The first-order valence-corrected chi connectivity index (χ1v) is 9.29. The van der Waals surface area contributed by atoms with Gasteiger partial charge in [0.25, 0.3) is 17.7 Å². The Morgan fingerprint density at radius 3 is 2.52 bits per heavy atom. The summed E-state index contributed by atoms with van der Waals surface area (Å²) in [5, 5.41) is 9.42. The summed E-state index contributed by atoms with van der Waals surface area (Å²) in [6.07, 6.45) is 0. The third-order valence-electron chi connectivity index (χ3n) is 4.80. The van der Waals surface area contributed by atoms with Crippen molar-refractivity contribution in [2.75, 3.05) is 0 Å². The Morgan fingerprint density at radius 1 is 1.10 bits per heavy atom. The van der Waals surface area contributed by atoms with Crippen molar-refractivity contribution in [2.45, 2.75) is 13.1 Å². The van der Waals surface area contributed by atoms with E-state index in [1.165, 1.54) is 23.1 Å². The monoisotopic (exact) mass is 407 g/mol. The van der Waals surface area contributed by atoms with Gasteiger partial charge in [-0.15, -0.1) is 0 Å². The summed E-state index contributed by atoms with van der Waals surface area (Å²) < 4.78 is 2.11. The van der Waals surface area contributed by atoms with Crippen molar-refractivity contribution in [3.8, 4) is 0 Å². The number of H-pyrrole nitrogens is 1. The van der Waals surface area contributed by atoms with Crippen molar-refractivity contribution in [2.24, 2.45) is 7.05 Å². The number of hydrogen-bond donors (Lipinski definition) is 2. The Hall–Kier alpha value is -3.59. The predicted molar refractivity (Wildman–Crippen MR) is 107 cm³/mol. The maximum atomic E-state index is 12.8. The summed E-state index contributed by atoms with van der Waals surface area (Å²) in [6, 6.07) is 13.8. The number of carbonyl (C=O) groups excluding carboxylic acids is 3. The fourth-order valence-corrected chi connectivity index (χ4v) is 3.29. The summed E-state index contributed by atoms with van der Waals surface area (Å²) in [4.78, 5) is 39.1. The highest BCUT2D eigenvalue weighted by Crippen LogP contribution is 2.25. The number of rotatable bonds is 5. The van der Waals surface area contributed by atoms with Gasteiger partial charge in [-0.2, -0.15) is 5.10 Å². The second-order valence-electron chi connectivity index (χ2n) is 6.63. The molecule has 2 aromatic carbocycles. The highest BCUT2D eigenvalue weighted by atomic mass is 32.1. The Labute approximate surface area is 171 Å².